The molecule has 1 amide bonds. The lowest BCUT2D eigenvalue weighted by molar-refractivity contribution is -0.123. The summed E-state index contributed by atoms with van der Waals surface area (Å²) in [6.07, 6.45) is 1.65. The van der Waals surface area contributed by atoms with Gasteiger partial charge in [-0.15, -0.1) is 0 Å². The summed E-state index contributed by atoms with van der Waals surface area (Å²) >= 11 is 0. The third kappa shape index (κ3) is 3.30. The lowest BCUT2D eigenvalue weighted by atomic mass is 10.1. The maximum atomic E-state index is 12.0. The van der Waals surface area contributed by atoms with Gasteiger partial charge in [0.2, 0.25) is 5.91 Å². The summed E-state index contributed by atoms with van der Waals surface area (Å²) in [6, 6.07) is 7.94. The highest BCUT2D eigenvalue weighted by molar-refractivity contribution is 5.94. The molecule has 17 heavy (non-hydrogen) atoms. The lowest BCUT2D eigenvalue weighted by Crippen LogP contribution is -2.34. The van der Waals surface area contributed by atoms with Gasteiger partial charge in [0, 0.05) is 12.7 Å². The quantitative estimate of drug-likeness (QED) is 0.850. The highest BCUT2D eigenvalue weighted by Crippen LogP contribution is 2.17. The van der Waals surface area contributed by atoms with Crippen LogP contribution in [0, 0.1) is 5.92 Å². The number of rotatable bonds is 5. The Hall–Kier alpha value is -1.35. The van der Waals surface area contributed by atoms with Crippen molar-refractivity contribution in [2.75, 3.05) is 18.6 Å². The molecule has 1 atom stereocenters. The molecule has 3 heteroatoms. The van der Waals surface area contributed by atoms with Gasteiger partial charge in [0.25, 0.3) is 0 Å². The van der Waals surface area contributed by atoms with Crippen LogP contribution in [0.15, 0.2) is 24.3 Å². The Balaban J connectivity index is 2.80. The van der Waals surface area contributed by atoms with E-state index in [1.54, 1.807) is 11.9 Å². The monoisotopic (exact) mass is 235 g/mol. The van der Waals surface area contributed by atoms with Gasteiger partial charge in [-0.05, 0) is 30.5 Å². The Morgan fingerprint density at radius 3 is 2.29 bits per heavy atom. The van der Waals surface area contributed by atoms with Gasteiger partial charge in [-0.3, -0.25) is 4.79 Å². The van der Waals surface area contributed by atoms with Crippen molar-refractivity contribution in [2.45, 2.75) is 26.7 Å². The fourth-order valence-electron chi connectivity index (χ4n) is 1.74. The molecule has 0 spiro atoms. The molecule has 0 aliphatic rings. The van der Waals surface area contributed by atoms with E-state index in [9.17, 15) is 4.79 Å². The molecule has 3 nitrogen and oxygen atoms in total. The largest absolute Gasteiger partial charge is 0.396 e. The number of hydrogen-bond acceptors (Lipinski definition) is 2. The normalized spacial score (nSPS) is 12.2. The minimum Gasteiger partial charge on any atom is -0.396 e. The first kappa shape index (κ1) is 13.7. The molecule has 0 aromatic heterocycles. The molecule has 0 bridgehead atoms. The van der Waals surface area contributed by atoms with Gasteiger partial charge in [0.05, 0.1) is 12.5 Å². The first-order chi connectivity index (χ1) is 8.13. The molecule has 1 aromatic carbocycles. The average Bonchev–Trinajstić information content (AvgIpc) is 2.39. The first-order valence-corrected chi connectivity index (χ1v) is 6.11. The molecule has 0 radical (unpaired) electrons. The zero-order chi connectivity index (χ0) is 12.8. The van der Waals surface area contributed by atoms with Crippen LogP contribution in [0.5, 0.6) is 0 Å². The number of aliphatic hydroxyl groups excluding tert-OH is 1. The molecule has 1 N–H and O–H groups in total. The predicted molar refractivity (Wildman–Crippen MR) is 70.1 cm³/mol. The maximum Gasteiger partial charge on any atom is 0.232 e. The number of anilines is 1. The smallest absolute Gasteiger partial charge is 0.232 e. The summed E-state index contributed by atoms with van der Waals surface area (Å²) in [5.41, 5.74) is 2.13. The molecule has 0 aliphatic heterocycles. The number of nitrogens with zero attached hydrogens (tertiary/aromatic N) is 1. The predicted octanol–water partition coefficient (Wildman–Crippen LogP) is 2.23. The summed E-state index contributed by atoms with van der Waals surface area (Å²) in [5, 5.41) is 9.13. The molecule has 0 saturated heterocycles. The van der Waals surface area contributed by atoms with Gasteiger partial charge >= 0.3 is 0 Å². The third-order valence-corrected chi connectivity index (χ3v) is 3.12. The van der Waals surface area contributed by atoms with Crippen LogP contribution < -0.4 is 4.90 Å². The van der Waals surface area contributed by atoms with Crippen LogP contribution in [0.25, 0.3) is 0 Å². The van der Waals surface area contributed by atoms with E-state index >= 15 is 0 Å². The van der Waals surface area contributed by atoms with Crippen molar-refractivity contribution in [2.24, 2.45) is 5.92 Å². The molecule has 0 saturated carbocycles. The topological polar surface area (TPSA) is 40.5 Å². The summed E-state index contributed by atoms with van der Waals surface area (Å²) < 4.78 is 0. The van der Waals surface area contributed by atoms with Crippen LogP contribution in [0.1, 0.15) is 25.8 Å². The average molecular weight is 235 g/mol. The minimum atomic E-state index is -0.300. The van der Waals surface area contributed by atoms with Crippen LogP contribution in [0.4, 0.5) is 5.69 Å². The summed E-state index contributed by atoms with van der Waals surface area (Å²) in [5.74, 6) is -0.329. The Morgan fingerprint density at radius 2 is 1.88 bits per heavy atom. The molecule has 0 heterocycles. The summed E-state index contributed by atoms with van der Waals surface area (Å²) in [7, 11) is 1.75. The van der Waals surface area contributed by atoms with Crippen LogP contribution in [-0.2, 0) is 11.2 Å². The number of benzene rings is 1. The SMILES string of the molecule is CCc1ccc(N(C)C(=O)C(CC)CO)cc1. The Labute approximate surface area is 103 Å². The molecule has 0 fully saturated rings. The van der Waals surface area contributed by atoms with Gasteiger partial charge in [-0.1, -0.05) is 26.0 Å². The standard InChI is InChI=1S/C14H21NO2/c1-4-11-6-8-13(9-7-11)15(3)14(17)12(5-2)10-16/h6-9,12,16H,4-5,10H2,1-3H3. The van der Waals surface area contributed by atoms with Crippen molar-refractivity contribution in [3.05, 3.63) is 29.8 Å². The van der Waals surface area contributed by atoms with Gasteiger partial charge < -0.3 is 10.0 Å². The summed E-state index contributed by atoms with van der Waals surface area (Å²) in [6.45, 7) is 3.92. The number of carbonyl (C=O) groups excluding carboxylic acids is 1. The van der Waals surface area contributed by atoms with Crippen LogP contribution >= 0.6 is 0 Å². The van der Waals surface area contributed by atoms with Crippen molar-refractivity contribution in [1.82, 2.24) is 0 Å². The van der Waals surface area contributed by atoms with E-state index in [0.29, 0.717) is 6.42 Å². The van der Waals surface area contributed by atoms with Crippen molar-refractivity contribution in [3.8, 4) is 0 Å². The maximum absolute atomic E-state index is 12.0. The van der Waals surface area contributed by atoms with Gasteiger partial charge in [-0.25, -0.2) is 0 Å². The zero-order valence-electron chi connectivity index (χ0n) is 10.8. The Bertz CT molecular complexity index is 355. The Kier molecular flexibility index (Phi) is 5.16. The van der Waals surface area contributed by atoms with Crippen molar-refractivity contribution in [3.63, 3.8) is 0 Å². The Morgan fingerprint density at radius 1 is 1.29 bits per heavy atom. The van der Waals surface area contributed by atoms with Crippen molar-refractivity contribution >= 4 is 11.6 Å². The number of hydrogen-bond donors (Lipinski definition) is 1. The van der Waals surface area contributed by atoms with E-state index < -0.39 is 0 Å². The van der Waals surface area contributed by atoms with E-state index in [0.717, 1.165) is 12.1 Å². The second-order valence-electron chi connectivity index (χ2n) is 4.21. The van der Waals surface area contributed by atoms with Crippen LogP contribution in [-0.4, -0.2) is 24.7 Å². The number of carbonyl (C=O) groups is 1. The highest BCUT2D eigenvalue weighted by atomic mass is 16.3. The van der Waals surface area contributed by atoms with Gasteiger partial charge in [0.1, 0.15) is 0 Å². The molecule has 1 aromatic rings. The zero-order valence-corrected chi connectivity index (χ0v) is 10.8. The van der Waals surface area contributed by atoms with E-state index in [-0.39, 0.29) is 18.4 Å². The third-order valence-electron chi connectivity index (χ3n) is 3.12. The van der Waals surface area contributed by atoms with Gasteiger partial charge in [-0.2, -0.15) is 0 Å². The molecular formula is C14H21NO2. The van der Waals surface area contributed by atoms with E-state index in [1.165, 1.54) is 5.56 Å². The number of aliphatic hydroxyl groups is 1. The van der Waals surface area contributed by atoms with Crippen molar-refractivity contribution in [1.29, 1.82) is 0 Å². The molecule has 1 unspecified atom stereocenters. The molecular weight excluding hydrogens is 214 g/mol. The minimum absolute atomic E-state index is 0.0285. The second-order valence-corrected chi connectivity index (χ2v) is 4.21. The fraction of sp³-hybridized carbons (Fsp3) is 0.500. The van der Waals surface area contributed by atoms with E-state index in [4.69, 9.17) is 5.11 Å². The first-order valence-electron chi connectivity index (χ1n) is 6.11. The van der Waals surface area contributed by atoms with Crippen LogP contribution in [0.3, 0.4) is 0 Å². The molecule has 94 valence electrons. The highest BCUT2D eigenvalue weighted by Gasteiger charge is 2.20. The fourth-order valence-corrected chi connectivity index (χ4v) is 1.74. The second kappa shape index (κ2) is 6.40. The number of aryl methyl sites for hydroxylation is 1. The van der Waals surface area contributed by atoms with Crippen LogP contribution in [0.2, 0.25) is 0 Å². The lowest BCUT2D eigenvalue weighted by Gasteiger charge is -2.22. The van der Waals surface area contributed by atoms with Gasteiger partial charge in [0.15, 0.2) is 0 Å². The molecule has 1 rings (SSSR count). The van der Waals surface area contributed by atoms with Crippen molar-refractivity contribution < 1.29 is 9.90 Å². The summed E-state index contributed by atoms with van der Waals surface area (Å²) in [4.78, 5) is 13.6. The molecule has 0 aliphatic carbocycles. The number of amides is 1. The van der Waals surface area contributed by atoms with E-state index in [2.05, 4.69) is 6.92 Å². The van der Waals surface area contributed by atoms with E-state index in [1.807, 2.05) is 31.2 Å².